The highest BCUT2D eigenvalue weighted by Crippen LogP contribution is 2.23. The van der Waals surface area contributed by atoms with Crippen LogP contribution in [0, 0.1) is 0 Å². The molecule has 0 unspecified atom stereocenters. The van der Waals surface area contributed by atoms with Gasteiger partial charge in [0.25, 0.3) is 20.0 Å². The molecule has 1 aromatic heterocycles. The Bertz CT molecular complexity index is 1140. The fraction of sp³-hybridized carbons (Fsp3) is 0.118. The molecule has 8 nitrogen and oxygen atoms in total. The number of nitrogens with zero attached hydrogens (tertiary/aromatic N) is 1. The van der Waals surface area contributed by atoms with Crippen LogP contribution in [0.2, 0.25) is 0 Å². The van der Waals surface area contributed by atoms with Crippen LogP contribution in [-0.4, -0.2) is 28.4 Å². The Morgan fingerprint density at radius 3 is 2.32 bits per heavy atom. The van der Waals surface area contributed by atoms with E-state index in [9.17, 15) is 16.8 Å². The molecule has 0 aliphatic carbocycles. The zero-order chi connectivity index (χ0) is 20.2. The van der Waals surface area contributed by atoms with Crippen LogP contribution in [0.3, 0.4) is 0 Å². The van der Waals surface area contributed by atoms with Gasteiger partial charge in [0.15, 0.2) is 5.13 Å². The van der Waals surface area contributed by atoms with Crippen molar-refractivity contribution in [3.05, 3.63) is 60.1 Å². The smallest absolute Gasteiger partial charge is 0.263 e. The lowest BCUT2D eigenvalue weighted by molar-refractivity contribution is 0.340. The van der Waals surface area contributed by atoms with Gasteiger partial charge in [-0.1, -0.05) is 6.07 Å². The number of aromatic nitrogens is 1. The number of hydrogen-bond acceptors (Lipinski definition) is 7. The molecule has 11 heteroatoms. The second kappa shape index (κ2) is 8.17. The van der Waals surface area contributed by atoms with Crippen molar-refractivity contribution in [1.82, 2.24) is 4.98 Å². The van der Waals surface area contributed by atoms with Gasteiger partial charge in [-0.3, -0.25) is 9.44 Å². The summed E-state index contributed by atoms with van der Waals surface area (Å²) in [5.74, 6) is 0.558. The summed E-state index contributed by atoms with van der Waals surface area (Å²) in [6, 6.07) is 11.5. The molecule has 2 N–H and O–H groups in total. The van der Waals surface area contributed by atoms with E-state index in [0.717, 1.165) is 11.3 Å². The maximum Gasteiger partial charge on any atom is 0.263 e. The topological polar surface area (TPSA) is 114 Å². The van der Waals surface area contributed by atoms with E-state index in [1.807, 2.05) is 6.92 Å². The highest BCUT2D eigenvalue weighted by atomic mass is 32.2. The number of anilines is 2. The predicted molar refractivity (Wildman–Crippen MR) is 108 cm³/mol. The molecule has 0 radical (unpaired) electrons. The van der Waals surface area contributed by atoms with Gasteiger partial charge in [-0.05, 0) is 49.4 Å². The first-order valence-corrected chi connectivity index (χ1v) is 11.9. The number of ether oxygens (including phenoxy) is 1. The molecule has 0 saturated carbocycles. The van der Waals surface area contributed by atoms with Gasteiger partial charge < -0.3 is 4.74 Å². The monoisotopic (exact) mass is 439 g/mol. The van der Waals surface area contributed by atoms with Gasteiger partial charge in [-0.15, -0.1) is 11.3 Å². The summed E-state index contributed by atoms with van der Waals surface area (Å²) in [5, 5.41) is 1.86. The lowest BCUT2D eigenvalue weighted by atomic mass is 10.3. The van der Waals surface area contributed by atoms with Gasteiger partial charge in [-0.2, -0.15) is 0 Å². The summed E-state index contributed by atoms with van der Waals surface area (Å²) in [5.41, 5.74) is 0.121. The highest BCUT2D eigenvalue weighted by molar-refractivity contribution is 7.93. The van der Waals surface area contributed by atoms with E-state index >= 15 is 0 Å². The molecule has 0 amide bonds. The molecule has 2 aromatic carbocycles. The van der Waals surface area contributed by atoms with Crippen molar-refractivity contribution in [3.8, 4) is 5.75 Å². The Kier molecular flexibility index (Phi) is 5.87. The van der Waals surface area contributed by atoms with E-state index in [-0.39, 0.29) is 20.6 Å². The molecule has 148 valence electrons. The maximum atomic E-state index is 12.6. The standard InChI is InChI=1S/C17H17N3O5S3/c1-2-25-14-6-8-15(9-7-14)27(21,22)19-13-4-3-5-16(12-13)28(23,24)20-17-18-10-11-26-17/h3-12,19H,2H2,1H3,(H,18,20). The van der Waals surface area contributed by atoms with E-state index in [2.05, 4.69) is 14.4 Å². The van der Waals surface area contributed by atoms with E-state index in [0.29, 0.717) is 12.4 Å². The molecule has 0 atom stereocenters. The van der Waals surface area contributed by atoms with Crippen LogP contribution in [0.4, 0.5) is 10.8 Å². The molecule has 0 saturated heterocycles. The van der Waals surface area contributed by atoms with Gasteiger partial charge in [0.1, 0.15) is 5.75 Å². The molecule has 1 heterocycles. The highest BCUT2D eigenvalue weighted by Gasteiger charge is 2.18. The number of sulfonamides is 2. The number of hydrogen-bond donors (Lipinski definition) is 2. The Balaban J connectivity index is 1.81. The number of benzene rings is 2. The third kappa shape index (κ3) is 4.80. The van der Waals surface area contributed by atoms with Crippen molar-refractivity contribution >= 4 is 42.2 Å². The van der Waals surface area contributed by atoms with E-state index in [4.69, 9.17) is 4.74 Å². The van der Waals surface area contributed by atoms with E-state index in [1.165, 1.54) is 42.6 Å². The zero-order valence-electron chi connectivity index (χ0n) is 14.7. The van der Waals surface area contributed by atoms with Crippen molar-refractivity contribution < 1.29 is 21.6 Å². The third-order valence-electron chi connectivity index (χ3n) is 3.50. The molecule has 28 heavy (non-hydrogen) atoms. The summed E-state index contributed by atoms with van der Waals surface area (Å²) < 4.78 is 60.0. The molecule has 0 aliphatic rings. The van der Waals surface area contributed by atoms with Crippen molar-refractivity contribution in [2.75, 3.05) is 16.1 Å². The summed E-state index contributed by atoms with van der Waals surface area (Å²) in [6.45, 7) is 2.30. The van der Waals surface area contributed by atoms with Crippen LogP contribution in [0.1, 0.15) is 6.92 Å². The van der Waals surface area contributed by atoms with Crippen LogP contribution in [-0.2, 0) is 20.0 Å². The zero-order valence-corrected chi connectivity index (χ0v) is 17.1. The third-order valence-corrected chi connectivity index (χ3v) is 7.05. The lowest BCUT2D eigenvalue weighted by Gasteiger charge is -2.11. The van der Waals surface area contributed by atoms with Crippen LogP contribution >= 0.6 is 11.3 Å². The average Bonchev–Trinajstić information content (AvgIpc) is 3.15. The second-order valence-electron chi connectivity index (χ2n) is 5.48. The Morgan fingerprint density at radius 2 is 1.68 bits per heavy atom. The first kappa shape index (κ1) is 20.1. The first-order chi connectivity index (χ1) is 13.3. The first-order valence-electron chi connectivity index (χ1n) is 8.08. The molecule has 0 fully saturated rings. The Labute approximate surface area is 167 Å². The Hall–Kier alpha value is -2.63. The van der Waals surface area contributed by atoms with Crippen LogP contribution in [0.5, 0.6) is 5.75 Å². The predicted octanol–water partition coefficient (Wildman–Crippen LogP) is 3.14. The molecule has 0 bridgehead atoms. The number of nitrogens with one attached hydrogen (secondary N) is 2. The fourth-order valence-electron chi connectivity index (χ4n) is 2.27. The number of thiazole rings is 1. The largest absolute Gasteiger partial charge is 0.494 e. The molecular formula is C17H17N3O5S3. The molecular weight excluding hydrogens is 422 g/mol. The minimum atomic E-state index is -3.89. The number of rotatable bonds is 8. The summed E-state index contributed by atoms with van der Waals surface area (Å²) in [7, 11) is -7.78. The SMILES string of the molecule is CCOc1ccc(S(=O)(=O)Nc2cccc(S(=O)(=O)Nc3nccs3)c2)cc1. The molecule has 0 aliphatic heterocycles. The van der Waals surface area contributed by atoms with E-state index in [1.54, 1.807) is 17.5 Å². The summed E-state index contributed by atoms with van der Waals surface area (Å²) in [6.07, 6.45) is 1.48. The molecule has 0 spiro atoms. The van der Waals surface area contributed by atoms with Crippen molar-refractivity contribution in [2.45, 2.75) is 16.7 Å². The summed E-state index contributed by atoms with van der Waals surface area (Å²) in [4.78, 5) is 3.82. The van der Waals surface area contributed by atoms with Crippen LogP contribution in [0.15, 0.2) is 69.9 Å². The fourth-order valence-corrected chi connectivity index (χ4v) is 5.15. The maximum absolute atomic E-state index is 12.6. The van der Waals surface area contributed by atoms with E-state index < -0.39 is 20.0 Å². The van der Waals surface area contributed by atoms with Gasteiger partial charge >= 0.3 is 0 Å². The van der Waals surface area contributed by atoms with Gasteiger partial charge in [0.2, 0.25) is 0 Å². The van der Waals surface area contributed by atoms with Gasteiger partial charge in [-0.25, -0.2) is 21.8 Å². The van der Waals surface area contributed by atoms with Crippen molar-refractivity contribution in [3.63, 3.8) is 0 Å². The average molecular weight is 440 g/mol. The lowest BCUT2D eigenvalue weighted by Crippen LogP contribution is -2.15. The normalized spacial score (nSPS) is 11.8. The van der Waals surface area contributed by atoms with Gasteiger partial charge in [0, 0.05) is 11.6 Å². The minimum Gasteiger partial charge on any atom is -0.494 e. The molecule has 3 rings (SSSR count). The van der Waals surface area contributed by atoms with Crippen molar-refractivity contribution in [1.29, 1.82) is 0 Å². The minimum absolute atomic E-state index is 0.0325. The second-order valence-corrected chi connectivity index (χ2v) is 9.74. The molecule has 3 aromatic rings. The van der Waals surface area contributed by atoms with Crippen LogP contribution < -0.4 is 14.2 Å². The van der Waals surface area contributed by atoms with Crippen LogP contribution in [0.25, 0.3) is 0 Å². The quantitative estimate of drug-likeness (QED) is 0.557. The summed E-state index contributed by atoms with van der Waals surface area (Å²) >= 11 is 1.14. The van der Waals surface area contributed by atoms with Crippen molar-refractivity contribution in [2.24, 2.45) is 0 Å². The van der Waals surface area contributed by atoms with Gasteiger partial charge in [0.05, 0.1) is 22.1 Å². The Morgan fingerprint density at radius 1 is 0.964 bits per heavy atom.